The van der Waals surface area contributed by atoms with E-state index in [9.17, 15) is 18.4 Å². The molecule has 1 aromatic carbocycles. The van der Waals surface area contributed by atoms with Crippen molar-refractivity contribution in [2.45, 2.75) is 5.03 Å². The number of carbonyl (C=O) groups excluding carboxylic acids is 1. The van der Waals surface area contributed by atoms with Crippen molar-refractivity contribution in [3.05, 3.63) is 76.8 Å². The minimum atomic E-state index is -3.75. The minimum Gasteiger partial charge on any atom is -0.619 e. The second-order valence-corrected chi connectivity index (χ2v) is 10.2. The highest BCUT2D eigenvalue weighted by atomic mass is 35.5. The normalized spacial score (nSPS) is 15.0. The first kappa shape index (κ1) is 22.3. The van der Waals surface area contributed by atoms with Crippen molar-refractivity contribution >= 4 is 38.4 Å². The van der Waals surface area contributed by atoms with Crippen LogP contribution in [0.2, 0.25) is 5.02 Å². The lowest BCUT2D eigenvalue weighted by molar-refractivity contribution is -0.605. The van der Waals surface area contributed by atoms with Gasteiger partial charge < -0.3 is 15.1 Å². The van der Waals surface area contributed by atoms with Crippen LogP contribution in [0.15, 0.2) is 66.0 Å². The number of nitrogens with zero attached hydrogens (tertiary/aromatic N) is 5. The average molecular weight is 499 g/mol. The molecule has 0 radical (unpaired) electrons. The van der Waals surface area contributed by atoms with Gasteiger partial charge in [-0.05, 0) is 36.4 Å². The van der Waals surface area contributed by atoms with Gasteiger partial charge in [-0.25, -0.2) is 8.42 Å². The fourth-order valence-corrected chi connectivity index (χ4v) is 5.45. The number of hydrogen-bond acceptors (Lipinski definition) is 6. The van der Waals surface area contributed by atoms with Gasteiger partial charge in [-0.1, -0.05) is 11.6 Å². The molecule has 1 fully saturated rings. The fourth-order valence-electron chi connectivity index (χ4n) is 3.83. The number of aromatic nitrogens is 4. The lowest BCUT2D eigenvalue weighted by atomic mass is 10.2. The molecule has 1 aliphatic rings. The molecule has 5 rings (SSSR count). The maximum atomic E-state index is 13.1. The molecule has 12 heteroatoms. The highest BCUT2D eigenvalue weighted by Gasteiger charge is 2.32. The van der Waals surface area contributed by atoms with Crippen molar-refractivity contribution in [2.75, 3.05) is 26.2 Å². The quantitative estimate of drug-likeness (QED) is 0.339. The van der Waals surface area contributed by atoms with Crippen molar-refractivity contribution in [2.24, 2.45) is 0 Å². The number of sulfonamides is 1. The Morgan fingerprint density at radius 1 is 1.00 bits per heavy atom. The molecule has 1 saturated heterocycles. The van der Waals surface area contributed by atoms with Gasteiger partial charge in [0.15, 0.2) is 18.1 Å². The average Bonchev–Trinajstić information content (AvgIpc) is 3.28. The van der Waals surface area contributed by atoms with Gasteiger partial charge >= 0.3 is 0 Å². The summed E-state index contributed by atoms with van der Waals surface area (Å²) < 4.78 is 28.2. The van der Waals surface area contributed by atoms with Crippen molar-refractivity contribution in [3.8, 4) is 11.3 Å². The van der Waals surface area contributed by atoms with Crippen molar-refractivity contribution in [3.63, 3.8) is 0 Å². The van der Waals surface area contributed by atoms with E-state index in [0.717, 1.165) is 0 Å². The van der Waals surface area contributed by atoms with E-state index in [0.29, 0.717) is 31.9 Å². The Labute approximate surface area is 200 Å². The molecule has 1 aliphatic heterocycles. The summed E-state index contributed by atoms with van der Waals surface area (Å²) in [6, 6.07) is 13.1. The first-order valence-electron chi connectivity index (χ1n) is 10.4. The summed E-state index contributed by atoms with van der Waals surface area (Å²) in [6.45, 7) is 0.787. The first-order valence-corrected chi connectivity index (χ1v) is 12.2. The molecule has 0 bridgehead atoms. The smallest absolute Gasteiger partial charge is 0.274 e. The van der Waals surface area contributed by atoms with E-state index in [-0.39, 0.29) is 42.8 Å². The maximum absolute atomic E-state index is 13.1. The van der Waals surface area contributed by atoms with Crippen LogP contribution in [-0.4, -0.2) is 64.9 Å². The lowest BCUT2D eigenvalue weighted by Gasteiger charge is -2.33. The number of nitrogens with one attached hydrogen (secondary N) is 1. The van der Waals surface area contributed by atoms with Crippen LogP contribution in [0.3, 0.4) is 0 Å². The number of fused-ring (bicyclic) bond motifs is 1. The highest BCUT2D eigenvalue weighted by Crippen LogP contribution is 2.25. The predicted molar refractivity (Wildman–Crippen MR) is 124 cm³/mol. The van der Waals surface area contributed by atoms with Crippen LogP contribution in [0, 0.1) is 5.21 Å². The van der Waals surface area contributed by atoms with Crippen molar-refractivity contribution < 1.29 is 17.9 Å². The second-order valence-electron chi connectivity index (χ2n) is 7.81. The molecule has 0 spiro atoms. The molecule has 0 saturated carbocycles. The number of pyridine rings is 1. The maximum Gasteiger partial charge on any atom is 0.274 e. The molecular weight excluding hydrogens is 480 g/mol. The molecule has 4 aromatic rings. The molecule has 10 nitrogen and oxygen atoms in total. The standard InChI is InChI=1S/C22H19ClN6O4S/c23-17-1-2-18-16(13-17)14-21(24-18)34(32,33)29-11-9-27(10-12-29)22(30)20-4-3-19(25-26-20)15-5-7-28(31)8-6-15/h1-8,13-14,24H,9-12H2. The second kappa shape index (κ2) is 8.67. The Hall–Kier alpha value is -3.54. The summed E-state index contributed by atoms with van der Waals surface area (Å²) in [5.41, 5.74) is 2.09. The monoisotopic (exact) mass is 498 g/mol. The van der Waals surface area contributed by atoms with Crippen LogP contribution in [0.5, 0.6) is 0 Å². The third-order valence-electron chi connectivity index (χ3n) is 5.68. The zero-order valence-corrected chi connectivity index (χ0v) is 19.3. The number of carbonyl (C=O) groups is 1. The number of hydrogen-bond donors (Lipinski definition) is 1. The zero-order chi connectivity index (χ0) is 23.9. The Bertz CT molecular complexity index is 1460. The largest absolute Gasteiger partial charge is 0.619 e. The molecule has 4 heterocycles. The summed E-state index contributed by atoms with van der Waals surface area (Å²) in [7, 11) is -3.75. The third kappa shape index (κ3) is 4.20. The number of amides is 1. The Balaban J connectivity index is 1.26. The molecule has 3 aromatic heterocycles. The fraction of sp³-hybridized carbons (Fsp3) is 0.182. The SMILES string of the molecule is O=C(c1ccc(-c2cc[n+]([O-])cc2)nn1)N1CCN(S(=O)(=O)c2cc3cc(Cl)ccc3[nH]2)CC1. The van der Waals surface area contributed by atoms with Gasteiger partial charge in [-0.2, -0.15) is 9.04 Å². The molecule has 1 N–H and O–H groups in total. The Morgan fingerprint density at radius 3 is 2.41 bits per heavy atom. The molecule has 0 unspecified atom stereocenters. The Kier molecular flexibility index (Phi) is 5.68. The van der Waals surface area contributed by atoms with E-state index in [1.165, 1.54) is 16.7 Å². The lowest BCUT2D eigenvalue weighted by Crippen LogP contribution is -2.50. The molecule has 174 valence electrons. The zero-order valence-electron chi connectivity index (χ0n) is 17.8. The molecule has 1 amide bonds. The predicted octanol–water partition coefficient (Wildman–Crippen LogP) is 2.06. The number of rotatable bonds is 4. The number of aromatic amines is 1. The van der Waals surface area contributed by atoms with E-state index in [4.69, 9.17) is 11.6 Å². The van der Waals surface area contributed by atoms with E-state index < -0.39 is 10.0 Å². The Morgan fingerprint density at radius 2 is 1.74 bits per heavy atom. The summed E-state index contributed by atoms with van der Waals surface area (Å²) in [5, 5.41) is 20.6. The van der Waals surface area contributed by atoms with Crippen molar-refractivity contribution in [1.82, 2.24) is 24.4 Å². The van der Waals surface area contributed by atoms with Gasteiger partial charge in [-0.3, -0.25) is 4.79 Å². The van der Waals surface area contributed by atoms with Gasteiger partial charge in [0.1, 0.15) is 5.03 Å². The van der Waals surface area contributed by atoms with Gasteiger partial charge in [0.2, 0.25) is 0 Å². The van der Waals surface area contributed by atoms with Crippen molar-refractivity contribution in [1.29, 1.82) is 0 Å². The van der Waals surface area contributed by atoms with Gasteiger partial charge in [-0.15, -0.1) is 10.2 Å². The highest BCUT2D eigenvalue weighted by molar-refractivity contribution is 7.89. The van der Waals surface area contributed by atoms with Crippen LogP contribution in [0.4, 0.5) is 0 Å². The van der Waals surface area contributed by atoms with Gasteiger partial charge in [0.05, 0.1) is 5.69 Å². The van der Waals surface area contributed by atoms with Crippen LogP contribution >= 0.6 is 11.6 Å². The molecule has 0 aliphatic carbocycles. The number of H-pyrrole nitrogens is 1. The van der Waals surface area contributed by atoms with E-state index in [1.54, 1.807) is 53.4 Å². The van der Waals surface area contributed by atoms with Gasteiger partial charge in [0.25, 0.3) is 15.9 Å². The van der Waals surface area contributed by atoms with Crippen LogP contribution in [0.25, 0.3) is 22.2 Å². The number of halogens is 1. The molecule has 34 heavy (non-hydrogen) atoms. The van der Waals surface area contributed by atoms with Gasteiger partial charge in [0, 0.05) is 59.8 Å². The molecule has 0 atom stereocenters. The van der Waals surface area contributed by atoms with E-state index in [2.05, 4.69) is 15.2 Å². The summed E-state index contributed by atoms with van der Waals surface area (Å²) in [4.78, 5) is 17.4. The molecular formula is C22H19ClN6O4S. The van der Waals surface area contributed by atoms with Crippen LogP contribution < -0.4 is 4.73 Å². The summed E-state index contributed by atoms with van der Waals surface area (Å²) in [6.07, 6.45) is 2.71. The van der Waals surface area contributed by atoms with Crippen LogP contribution in [0.1, 0.15) is 10.5 Å². The first-order chi connectivity index (χ1) is 16.3. The number of benzene rings is 1. The number of piperazine rings is 1. The summed E-state index contributed by atoms with van der Waals surface area (Å²) >= 11 is 6.00. The minimum absolute atomic E-state index is 0.0920. The van der Waals surface area contributed by atoms with E-state index in [1.807, 2.05) is 0 Å². The van der Waals surface area contributed by atoms with E-state index >= 15 is 0 Å². The third-order valence-corrected chi connectivity index (χ3v) is 7.74. The summed E-state index contributed by atoms with van der Waals surface area (Å²) in [5.74, 6) is -0.318. The van der Waals surface area contributed by atoms with Crippen LogP contribution in [-0.2, 0) is 10.0 Å². The topological polar surface area (TPSA) is 126 Å².